The van der Waals surface area contributed by atoms with Crippen molar-refractivity contribution in [3.8, 4) is 0 Å². The van der Waals surface area contributed by atoms with Crippen LogP contribution in [-0.2, 0) is 20.2 Å². The fourth-order valence-corrected chi connectivity index (χ4v) is 0.517. The van der Waals surface area contributed by atoms with E-state index < -0.39 is 10.3 Å². The van der Waals surface area contributed by atoms with Gasteiger partial charge in [-0.15, -0.1) is 10.5 Å². The second-order valence-corrected chi connectivity index (χ2v) is 2.07. The summed E-state index contributed by atoms with van der Waals surface area (Å²) in [5.74, 6) is 0. The number of nitrogens with one attached hydrogen (secondary N) is 1. The van der Waals surface area contributed by atoms with Crippen LogP contribution in [0.1, 0.15) is 0 Å². The summed E-state index contributed by atoms with van der Waals surface area (Å²) >= 11 is 0. The maximum absolute atomic E-state index is 9.94. The van der Waals surface area contributed by atoms with E-state index in [-0.39, 0.29) is 11.6 Å². The third kappa shape index (κ3) is 1.04. The molecule has 1 N–H and O–H groups in total. The van der Waals surface area contributed by atoms with Gasteiger partial charge in [0, 0.05) is 0 Å². The smallest absolute Gasteiger partial charge is 0.211 e. The zero-order valence-corrected chi connectivity index (χ0v) is 4.56. The summed E-state index contributed by atoms with van der Waals surface area (Å²) in [6, 6.07) is 0. The quantitative estimate of drug-likeness (QED) is 0.324. The van der Waals surface area contributed by atoms with Gasteiger partial charge in [0.1, 0.15) is 6.61 Å². The van der Waals surface area contributed by atoms with Crippen LogP contribution < -0.4 is 5.48 Å². The zero-order valence-electron chi connectivity index (χ0n) is 3.75. The molecule has 0 saturated carbocycles. The lowest BCUT2D eigenvalue weighted by atomic mass is 10.7. The molecule has 1 heterocycles. The molecule has 1 aliphatic rings. The molecule has 0 bridgehead atoms. The van der Waals surface area contributed by atoms with E-state index in [4.69, 9.17) is 0 Å². The molecule has 1 fully saturated rings. The molecule has 0 unspecified atom stereocenters. The van der Waals surface area contributed by atoms with E-state index in [2.05, 4.69) is 9.88 Å². The predicted molar refractivity (Wildman–Crippen MR) is 24.1 cm³/mol. The number of hydrogen-bond donors (Lipinski definition) is 1. The zero-order chi connectivity index (χ0) is 5.98. The highest BCUT2D eigenvalue weighted by Gasteiger charge is 2.09. The molecule has 5 nitrogen and oxygen atoms in total. The Morgan fingerprint density at radius 1 is 1.62 bits per heavy atom. The third-order valence-corrected chi connectivity index (χ3v) is 1.21. The van der Waals surface area contributed by atoms with Gasteiger partial charge in [-0.25, -0.2) is 4.89 Å². The Morgan fingerprint density at radius 2 is 2.38 bits per heavy atom. The first-order chi connectivity index (χ1) is 3.80. The lowest BCUT2D eigenvalue weighted by Gasteiger charge is -1.77. The topological polar surface area (TPSA) is 64.6 Å². The predicted octanol–water partition coefficient (Wildman–Crippen LogP) is -1.54. The van der Waals surface area contributed by atoms with Crippen LogP contribution in [-0.4, -0.2) is 20.0 Å². The molecule has 6 heteroatoms. The molecule has 46 valence electrons. The summed E-state index contributed by atoms with van der Waals surface area (Å²) in [5.41, 5.74) is 2.04. The molecule has 0 aliphatic carbocycles. The highest BCUT2D eigenvalue weighted by molar-refractivity contribution is 7.72. The van der Waals surface area contributed by atoms with Crippen LogP contribution in [0, 0.1) is 0 Å². The fraction of sp³-hybridized carbons (Fsp3) is 0.500. The SMILES string of the molecule is O=S(=O)=C1COON1. The molecule has 0 aromatic rings. The van der Waals surface area contributed by atoms with Crippen LogP contribution in [0.4, 0.5) is 0 Å². The fourth-order valence-electron chi connectivity index (χ4n) is 0.271. The lowest BCUT2D eigenvalue weighted by Crippen LogP contribution is -2.15. The van der Waals surface area contributed by atoms with E-state index >= 15 is 0 Å². The van der Waals surface area contributed by atoms with E-state index in [0.29, 0.717) is 0 Å². The standard InChI is InChI=1S/C2H3NO4S/c4-8(5)2-1-6-7-3-2/h3H,1H2. The average molecular weight is 137 g/mol. The van der Waals surface area contributed by atoms with E-state index in [1.165, 1.54) is 0 Å². The summed E-state index contributed by atoms with van der Waals surface area (Å²) in [6.07, 6.45) is 0. The first kappa shape index (κ1) is 5.70. The van der Waals surface area contributed by atoms with Gasteiger partial charge in [0.25, 0.3) is 0 Å². The summed E-state index contributed by atoms with van der Waals surface area (Å²) < 4.78 is 19.9. The van der Waals surface area contributed by atoms with Crippen LogP contribution in [0.2, 0.25) is 0 Å². The molecule has 0 spiro atoms. The summed E-state index contributed by atoms with van der Waals surface area (Å²) in [4.78, 5) is 8.23. The Balaban J connectivity index is 2.88. The van der Waals surface area contributed by atoms with Gasteiger partial charge < -0.3 is 0 Å². The van der Waals surface area contributed by atoms with E-state index in [9.17, 15) is 8.42 Å². The van der Waals surface area contributed by atoms with Crippen LogP contribution in [0.25, 0.3) is 0 Å². The van der Waals surface area contributed by atoms with Crippen molar-refractivity contribution < 1.29 is 18.3 Å². The van der Waals surface area contributed by atoms with Crippen molar-refractivity contribution in [2.75, 3.05) is 6.61 Å². The first-order valence-corrected chi connectivity index (χ1v) is 2.88. The number of hydrogen-bond acceptors (Lipinski definition) is 4. The van der Waals surface area contributed by atoms with Gasteiger partial charge in [-0.2, -0.15) is 8.42 Å². The number of hydroxylamine groups is 1. The third-order valence-electron chi connectivity index (χ3n) is 0.606. The molecule has 0 radical (unpaired) electrons. The Labute approximate surface area is 46.6 Å². The van der Waals surface area contributed by atoms with Gasteiger partial charge in [0.2, 0.25) is 10.3 Å². The Morgan fingerprint density at radius 3 is 2.62 bits per heavy atom. The average Bonchev–Trinajstić information content (AvgIpc) is 2.12. The van der Waals surface area contributed by atoms with Crippen LogP contribution in [0.15, 0.2) is 0 Å². The van der Waals surface area contributed by atoms with Gasteiger partial charge in [-0.05, 0) is 0 Å². The molecule has 0 amide bonds. The second kappa shape index (κ2) is 2.23. The molecule has 0 aromatic heterocycles. The molecular weight excluding hydrogens is 134 g/mol. The molecular formula is C2H3NO4S. The van der Waals surface area contributed by atoms with Gasteiger partial charge in [-0.3, -0.25) is 0 Å². The van der Waals surface area contributed by atoms with Crippen molar-refractivity contribution in [2.24, 2.45) is 0 Å². The molecule has 1 rings (SSSR count). The van der Waals surface area contributed by atoms with E-state index in [0.717, 1.165) is 0 Å². The minimum atomic E-state index is -2.24. The van der Waals surface area contributed by atoms with Crippen molar-refractivity contribution in [1.29, 1.82) is 0 Å². The van der Waals surface area contributed by atoms with Gasteiger partial charge >= 0.3 is 0 Å². The lowest BCUT2D eigenvalue weighted by molar-refractivity contribution is -0.284. The molecule has 1 saturated heterocycles. The summed E-state index contributed by atoms with van der Waals surface area (Å²) in [5, 5.41) is 0. The first-order valence-electron chi connectivity index (χ1n) is 1.80. The highest BCUT2D eigenvalue weighted by Crippen LogP contribution is 1.84. The Bertz CT molecular complexity index is 188. The minimum Gasteiger partial charge on any atom is -0.211 e. The van der Waals surface area contributed by atoms with Crippen molar-refractivity contribution >= 4 is 15.3 Å². The van der Waals surface area contributed by atoms with Gasteiger partial charge in [0.05, 0.1) is 0 Å². The van der Waals surface area contributed by atoms with E-state index in [1.807, 2.05) is 5.48 Å². The monoisotopic (exact) mass is 137 g/mol. The molecule has 0 atom stereocenters. The second-order valence-electron chi connectivity index (χ2n) is 1.11. The highest BCUT2D eigenvalue weighted by atomic mass is 32.2. The maximum Gasteiger partial charge on any atom is 0.233 e. The van der Waals surface area contributed by atoms with Crippen molar-refractivity contribution in [1.82, 2.24) is 5.48 Å². The van der Waals surface area contributed by atoms with Crippen LogP contribution in [0.5, 0.6) is 0 Å². The molecule has 8 heavy (non-hydrogen) atoms. The Kier molecular flexibility index (Phi) is 1.59. The molecule has 1 aliphatic heterocycles. The minimum absolute atomic E-state index is 0.0185. The van der Waals surface area contributed by atoms with Crippen molar-refractivity contribution in [3.05, 3.63) is 0 Å². The largest absolute Gasteiger partial charge is 0.233 e. The summed E-state index contributed by atoms with van der Waals surface area (Å²) in [6.45, 7) is -0.0316. The Hall–Kier alpha value is -0.430. The van der Waals surface area contributed by atoms with E-state index in [1.54, 1.807) is 0 Å². The van der Waals surface area contributed by atoms with Crippen molar-refractivity contribution in [2.45, 2.75) is 0 Å². The normalized spacial score (nSPS) is 19.2. The molecule has 0 aromatic carbocycles. The van der Waals surface area contributed by atoms with Crippen LogP contribution in [0.3, 0.4) is 0 Å². The van der Waals surface area contributed by atoms with Crippen molar-refractivity contribution in [3.63, 3.8) is 0 Å². The van der Waals surface area contributed by atoms with Gasteiger partial charge in [-0.1, -0.05) is 0 Å². The number of rotatable bonds is 0. The van der Waals surface area contributed by atoms with Gasteiger partial charge in [0.15, 0.2) is 4.99 Å². The summed E-state index contributed by atoms with van der Waals surface area (Å²) in [7, 11) is -2.24. The van der Waals surface area contributed by atoms with Crippen LogP contribution >= 0.6 is 0 Å². The maximum atomic E-state index is 9.94.